The van der Waals surface area contributed by atoms with Crippen LogP contribution in [-0.4, -0.2) is 0 Å². The third kappa shape index (κ3) is 4.17. The lowest BCUT2D eigenvalue weighted by Gasteiger charge is -2.30. The van der Waals surface area contributed by atoms with Gasteiger partial charge in [0.05, 0.1) is 5.69 Å². The lowest BCUT2D eigenvalue weighted by atomic mass is 9.82. The van der Waals surface area contributed by atoms with Gasteiger partial charge in [0.25, 0.3) is 0 Å². The van der Waals surface area contributed by atoms with Gasteiger partial charge in [0.15, 0.2) is 0 Å². The molecular weight excluding hydrogens is 651 g/mol. The van der Waals surface area contributed by atoms with Crippen LogP contribution in [0.1, 0.15) is 25.0 Å². The lowest BCUT2D eigenvalue weighted by molar-refractivity contribution is 0.660. The van der Waals surface area contributed by atoms with E-state index in [4.69, 9.17) is 4.42 Å². The molecule has 0 spiro atoms. The van der Waals surface area contributed by atoms with Crippen LogP contribution in [0.5, 0.6) is 0 Å². The molecule has 0 saturated carbocycles. The van der Waals surface area contributed by atoms with Crippen molar-refractivity contribution >= 4 is 81.3 Å². The SMILES string of the molecule is CC1(C)c2ccccc2-c2ccc(N(c3ccc4c(c3)oc3ccc5ccccc5c34)c3ccccc3-c3cccc4sc5ccccc5c34)cc21. The number of nitrogens with zero attached hydrogens (tertiary/aromatic N) is 1. The fourth-order valence-electron chi connectivity index (χ4n) is 8.83. The molecule has 0 fully saturated rings. The summed E-state index contributed by atoms with van der Waals surface area (Å²) in [5.41, 5.74) is 12.7. The zero-order chi connectivity index (χ0) is 34.6. The van der Waals surface area contributed by atoms with Gasteiger partial charge in [-0.2, -0.15) is 0 Å². The molecule has 0 amide bonds. The summed E-state index contributed by atoms with van der Waals surface area (Å²) in [5, 5.41) is 7.33. The minimum Gasteiger partial charge on any atom is -0.456 e. The molecular formula is C49H33NOS. The Labute approximate surface area is 305 Å². The van der Waals surface area contributed by atoms with Gasteiger partial charge in [-0.25, -0.2) is 0 Å². The summed E-state index contributed by atoms with van der Waals surface area (Å²) in [4.78, 5) is 2.44. The highest BCUT2D eigenvalue weighted by atomic mass is 32.1. The van der Waals surface area contributed by atoms with Crippen molar-refractivity contribution in [3.05, 3.63) is 175 Å². The van der Waals surface area contributed by atoms with E-state index in [1.54, 1.807) is 0 Å². The quantitative estimate of drug-likeness (QED) is 0.184. The van der Waals surface area contributed by atoms with Crippen molar-refractivity contribution in [1.82, 2.24) is 0 Å². The average molecular weight is 684 g/mol. The van der Waals surface area contributed by atoms with Gasteiger partial charge in [-0.15, -0.1) is 11.3 Å². The van der Waals surface area contributed by atoms with Gasteiger partial charge in [0.1, 0.15) is 11.2 Å². The molecule has 1 aliphatic carbocycles. The molecule has 2 heterocycles. The van der Waals surface area contributed by atoms with Crippen LogP contribution in [0.25, 0.3) is 75.1 Å². The van der Waals surface area contributed by atoms with Crippen molar-refractivity contribution in [3.8, 4) is 22.3 Å². The minimum absolute atomic E-state index is 0.127. The lowest BCUT2D eigenvalue weighted by Crippen LogP contribution is -2.16. The van der Waals surface area contributed by atoms with Gasteiger partial charge in [0, 0.05) is 59.4 Å². The number of hydrogen-bond acceptors (Lipinski definition) is 3. The Kier molecular flexibility index (Phi) is 6.21. The summed E-state index contributed by atoms with van der Waals surface area (Å²) in [6.45, 7) is 4.71. The Morgan fingerprint density at radius 2 is 1.15 bits per heavy atom. The number of furan rings is 1. The molecule has 0 saturated heterocycles. The van der Waals surface area contributed by atoms with E-state index in [9.17, 15) is 0 Å². The standard InChI is InChI=1S/C49H33NOS/c1-49(2)40-18-8-5-14-34(40)35-25-23-31(28-41(35)49)50(32-24-26-38-44(29-32)51-43-27-22-30-12-3-4-13-33(30)47(38)43)42-19-9-6-15-36(42)37-17-11-21-46-48(37)39-16-7-10-20-45(39)52-46/h3-29H,1-2H3. The van der Waals surface area contributed by atoms with Crippen LogP contribution in [0.15, 0.2) is 168 Å². The second kappa shape index (κ2) is 10.9. The highest BCUT2D eigenvalue weighted by Crippen LogP contribution is 2.52. The van der Waals surface area contributed by atoms with E-state index in [1.807, 2.05) is 11.3 Å². The number of rotatable bonds is 4. The van der Waals surface area contributed by atoms with Crippen molar-refractivity contribution in [2.45, 2.75) is 19.3 Å². The van der Waals surface area contributed by atoms with E-state index in [0.717, 1.165) is 33.6 Å². The summed E-state index contributed by atoms with van der Waals surface area (Å²) in [6.07, 6.45) is 0. The van der Waals surface area contributed by atoms with Crippen LogP contribution in [0.4, 0.5) is 17.1 Å². The summed E-state index contributed by atoms with van der Waals surface area (Å²) in [7, 11) is 0. The van der Waals surface area contributed by atoms with Gasteiger partial charge in [-0.1, -0.05) is 123 Å². The van der Waals surface area contributed by atoms with Crippen molar-refractivity contribution in [3.63, 3.8) is 0 Å². The second-order valence-electron chi connectivity index (χ2n) is 14.5. The summed E-state index contributed by atoms with van der Waals surface area (Å²) < 4.78 is 9.26. The molecule has 3 heteroatoms. The molecule has 0 N–H and O–H groups in total. The van der Waals surface area contributed by atoms with Gasteiger partial charge in [-0.3, -0.25) is 0 Å². The van der Waals surface area contributed by atoms with Crippen molar-refractivity contribution in [1.29, 1.82) is 0 Å². The third-order valence-electron chi connectivity index (χ3n) is 11.3. The number of fused-ring (bicyclic) bond motifs is 11. The smallest absolute Gasteiger partial charge is 0.137 e. The molecule has 0 unspecified atom stereocenters. The van der Waals surface area contributed by atoms with Gasteiger partial charge >= 0.3 is 0 Å². The van der Waals surface area contributed by atoms with Crippen LogP contribution in [0.2, 0.25) is 0 Å². The normalized spacial score (nSPS) is 13.3. The average Bonchev–Trinajstić information content (AvgIpc) is 3.83. The molecule has 1 aliphatic rings. The topological polar surface area (TPSA) is 16.4 Å². The number of benzene rings is 8. The fraction of sp³-hybridized carbons (Fsp3) is 0.0612. The summed E-state index contributed by atoms with van der Waals surface area (Å²) in [5.74, 6) is 0. The van der Waals surface area contributed by atoms with Crippen LogP contribution in [0.3, 0.4) is 0 Å². The Hall–Kier alpha value is -6.16. The molecule has 2 aromatic heterocycles. The van der Waals surface area contributed by atoms with Crippen LogP contribution in [0, 0.1) is 0 Å². The Bertz CT molecular complexity index is 3070. The minimum atomic E-state index is -0.127. The monoisotopic (exact) mass is 683 g/mol. The van der Waals surface area contributed by atoms with Gasteiger partial charge in [0.2, 0.25) is 0 Å². The Morgan fingerprint density at radius 3 is 2.08 bits per heavy atom. The fourth-order valence-corrected chi connectivity index (χ4v) is 9.96. The molecule has 246 valence electrons. The predicted octanol–water partition coefficient (Wildman–Crippen LogP) is 14.6. The molecule has 2 nitrogen and oxygen atoms in total. The first-order valence-corrected chi connectivity index (χ1v) is 18.7. The van der Waals surface area contributed by atoms with Crippen molar-refractivity contribution in [2.24, 2.45) is 0 Å². The Morgan fingerprint density at radius 1 is 0.462 bits per heavy atom. The molecule has 0 atom stereocenters. The molecule has 11 rings (SSSR count). The van der Waals surface area contributed by atoms with Gasteiger partial charge < -0.3 is 9.32 Å². The van der Waals surface area contributed by atoms with Crippen molar-refractivity contribution < 1.29 is 4.42 Å². The van der Waals surface area contributed by atoms with E-state index in [0.29, 0.717) is 0 Å². The highest BCUT2D eigenvalue weighted by molar-refractivity contribution is 7.25. The van der Waals surface area contributed by atoms with Crippen molar-refractivity contribution in [2.75, 3.05) is 4.90 Å². The number of hydrogen-bond donors (Lipinski definition) is 0. The molecule has 0 aliphatic heterocycles. The van der Waals surface area contributed by atoms with Crippen LogP contribution in [-0.2, 0) is 5.41 Å². The molecule has 10 aromatic rings. The number of anilines is 3. The van der Waals surface area contributed by atoms with E-state index < -0.39 is 0 Å². The zero-order valence-corrected chi connectivity index (χ0v) is 29.7. The first kappa shape index (κ1) is 29.6. The maximum absolute atomic E-state index is 6.66. The predicted molar refractivity (Wildman–Crippen MR) is 222 cm³/mol. The maximum Gasteiger partial charge on any atom is 0.137 e. The second-order valence-corrected chi connectivity index (χ2v) is 15.6. The molecule has 0 bridgehead atoms. The highest BCUT2D eigenvalue weighted by Gasteiger charge is 2.36. The largest absolute Gasteiger partial charge is 0.456 e. The number of thiophene rings is 1. The summed E-state index contributed by atoms with van der Waals surface area (Å²) in [6, 6.07) is 59.9. The number of para-hydroxylation sites is 1. The third-order valence-corrected chi connectivity index (χ3v) is 12.4. The van der Waals surface area contributed by atoms with E-state index >= 15 is 0 Å². The van der Waals surface area contributed by atoms with E-state index in [1.165, 1.54) is 69.7 Å². The molecule has 0 radical (unpaired) electrons. The van der Waals surface area contributed by atoms with Gasteiger partial charge in [-0.05, 0) is 87.1 Å². The van der Waals surface area contributed by atoms with Crippen LogP contribution >= 0.6 is 11.3 Å². The Balaban J connectivity index is 1.18. The first-order chi connectivity index (χ1) is 25.5. The summed E-state index contributed by atoms with van der Waals surface area (Å²) >= 11 is 1.86. The van der Waals surface area contributed by atoms with E-state index in [-0.39, 0.29) is 5.41 Å². The van der Waals surface area contributed by atoms with E-state index in [2.05, 4.69) is 183 Å². The molecule has 8 aromatic carbocycles. The first-order valence-electron chi connectivity index (χ1n) is 17.9. The zero-order valence-electron chi connectivity index (χ0n) is 28.9. The maximum atomic E-state index is 6.66. The molecule has 52 heavy (non-hydrogen) atoms. The van der Waals surface area contributed by atoms with Crippen LogP contribution < -0.4 is 4.90 Å².